The van der Waals surface area contributed by atoms with Crippen molar-refractivity contribution in [1.82, 2.24) is 10.6 Å². The Kier molecular flexibility index (Phi) is 4.87. The van der Waals surface area contributed by atoms with Crippen molar-refractivity contribution in [3.63, 3.8) is 0 Å². The lowest BCUT2D eigenvalue weighted by molar-refractivity contribution is 0.0934. The van der Waals surface area contributed by atoms with E-state index in [2.05, 4.69) is 10.6 Å². The van der Waals surface area contributed by atoms with Gasteiger partial charge in [-0.25, -0.2) is 0 Å². The van der Waals surface area contributed by atoms with Gasteiger partial charge in [0.15, 0.2) is 0 Å². The van der Waals surface area contributed by atoms with Crippen molar-refractivity contribution in [2.45, 2.75) is 25.3 Å². The monoisotopic (exact) mass is 286 g/mol. The van der Waals surface area contributed by atoms with Gasteiger partial charge in [0.2, 0.25) is 0 Å². The van der Waals surface area contributed by atoms with E-state index in [0.717, 1.165) is 32.4 Å². The minimum Gasteiger partial charge on any atom is -0.349 e. The third kappa shape index (κ3) is 3.87. The van der Waals surface area contributed by atoms with Crippen molar-refractivity contribution < 1.29 is 4.79 Å². The van der Waals surface area contributed by atoms with Crippen molar-refractivity contribution in [2.75, 3.05) is 13.1 Å². The number of halogens is 2. The summed E-state index contributed by atoms with van der Waals surface area (Å²) in [4.78, 5) is 12.1. The van der Waals surface area contributed by atoms with Gasteiger partial charge in [0.25, 0.3) is 5.91 Å². The highest BCUT2D eigenvalue weighted by molar-refractivity contribution is 6.35. The van der Waals surface area contributed by atoms with E-state index < -0.39 is 0 Å². The molecule has 0 bridgehead atoms. The number of hydrogen-bond acceptors (Lipinski definition) is 2. The normalized spacial score (nSPS) is 20.2. The van der Waals surface area contributed by atoms with E-state index in [0.29, 0.717) is 15.6 Å². The van der Waals surface area contributed by atoms with Gasteiger partial charge in [-0.2, -0.15) is 0 Å². The maximum Gasteiger partial charge on any atom is 0.251 e. The Morgan fingerprint density at radius 1 is 1.17 bits per heavy atom. The van der Waals surface area contributed by atoms with Gasteiger partial charge in [-0.1, -0.05) is 23.2 Å². The molecule has 5 heteroatoms. The Morgan fingerprint density at radius 3 is 2.61 bits per heavy atom. The van der Waals surface area contributed by atoms with Crippen molar-refractivity contribution in [1.29, 1.82) is 0 Å². The molecule has 3 nitrogen and oxygen atoms in total. The molecule has 0 saturated carbocycles. The highest BCUT2D eigenvalue weighted by Crippen LogP contribution is 2.19. The fourth-order valence-corrected chi connectivity index (χ4v) is 2.64. The van der Waals surface area contributed by atoms with Crippen molar-refractivity contribution in [3.8, 4) is 0 Å². The van der Waals surface area contributed by atoms with E-state index in [4.69, 9.17) is 23.2 Å². The number of hydrogen-bond donors (Lipinski definition) is 2. The lowest BCUT2D eigenvalue weighted by atomic mass is 10.1. The topological polar surface area (TPSA) is 41.1 Å². The van der Waals surface area contributed by atoms with Crippen LogP contribution in [0.4, 0.5) is 0 Å². The fraction of sp³-hybridized carbons (Fsp3) is 0.462. The van der Waals surface area contributed by atoms with E-state index >= 15 is 0 Å². The molecule has 1 heterocycles. The molecule has 0 radical (unpaired) electrons. The lowest BCUT2D eigenvalue weighted by Crippen LogP contribution is -2.35. The molecule has 18 heavy (non-hydrogen) atoms. The van der Waals surface area contributed by atoms with Crippen molar-refractivity contribution >= 4 is 29.1 Å². The average molecular weight is 287 g/mol. The maximum absolute atomic E-state index is 12.1. The molecule has 0 aromatic heterocycles. The second-order valence-electron chi connectivity index (χ2n) is 4.51. The van der Waals surface area contributed by atoms with Gasteiger partial charge in [-0.3, -0.25) is 4.79 Å². The summed E-state index contributed by atoms with van der Waals surface area (Å²) in [7, 11) is 0. The maximum atomic E-state index is 12.1. The van der Waals surface area contributed by atoms with Gasteiger partial charge in [-0.15, -0.1) is 0 Å². The van der Waals surface area contributed by atoms with Gasteiger partial charge in [-0.05, 0) is 50.6 Å². The average Bonchev–Trinajstić information content (AvgIpc) is 2.56. The van der Waals surface area contributed by atoms with Gasteiger partial charge in [0.1, 0.15) is 0 Å². The number of benzene rings is 1. The SMILES string of the molecule is O=C(NC1CCCNCC1)c1cc(Cl)cc(Cl)c1. The Morgan fingerprint density at radius 2 is 1.89 bits per heavy atom. The zero-order valence-electron chi connectivity index (χ0n) is 10.0. The van der Waals surface area contributed by atoms with E-state index in [1.807, 2.05) is 0 Å². The number of nitrogens with one attached hydrogen (secondary N) is 2. The van der Waals surface area contributed by atoms with E-state index in [1.54, 1.807) is 18.2 Å². The van der Waals surface area contributed by atoms with E-state index in [9.17, 15) is 4.79 Å². The van der Waals surface area contributed by atoms with Crippen LogP contribution in [0.15, 0.2) is 18.2 Å². The summed E-state index contributed by atoms with van der Waals surface area (Å²) in [6.07, 6.45) is 3.05. The third-order valence-corrected chi connectivity index (χ3v) is 3.47. The van der Waals surface area contributed by atoms with Crippen LogP contribution in [0.1, 0.15) is 29.6 Å². The molecule has 1 aliphatic heterocycles. The first kappa shape index (κ1) is 13.7. The van der Waals surface area contributed by atoms with Crippen LogP contribution in [0, 0.1) is 0 Å². The molecular formula is C13H16Cl2N2O. The molecule has 1 aromatic rings. The predicted molar refractivity (Wildman–Crippen MR) is 74.4 cm³/mol. The van der Waals surface area contributed by atoms with Crippen LogP contribution in [-0.2, 0) is 0 Å². The smallest absolute Gasteiger partial charge is 0.251 e. The zero-order chi connectivity index (χ0) is 13.0. The molecule has 2 N–H and O–H groups in total. The summed E-state index contributed by atoms with van der Waals surface area (Å²) in [5.41, 5.74) is 0.518. The fourth-order valence-electron chi connectivity index (χ4n) is 2.12. The van der Waals surface area contributed by atoms with Crippen LogP contribution < -0.4 is 10.6 Å². The third-order valence-electron chi connectivity index (χ3n) is 3.04. The summed E-state index contributed by atoms with van der Waals surface area (Å²) >= 11 is 11.8. The van der Waals surface area contributed by atoms with Crippen molar-refractivity contribution in [3.05, 3.63) is 33.8 Å². The molecule has 1 aromatic carbocycles. The molecular weight excluding hydrogens is 271 g/mol. The summed E-state index contributed by atoms with van der Waals surface area (Å²) in [6.45, 7) is 1.97. The van der Waals surface area contributed by atoms with Gasteiger partial charge in [0, 0.05) is 21.7 Å². The molecule has 2 rings (SSSR count). The van der Waals surface area contributed by atoms with Crippen LogP contribution in [-0.4, -0.2) is 25.0 Å². The van der Waals surface area contributed by atoms with E-state index in [-0.39, 0.29) is 11.9 Å². The molecule has 1 atom stereocenters. The summed E-state index contributed by atoms with van der Waals surface area (Å²) in [6, 6.07) is 5.12. The van der Waals surface area contributed by atoms with Crippen molar-refractivity contribution in [2.24, 2.45) is 0 Å². The molecule has 0 spiro atoms. The Balaban J connectivity index is 2.01. The summed E-state index contributed by atoms with van der Waals surface area (Å²) in [5, 5.41) is 7.31. The highest BCUT2D eigenvalue weighted by Gasteiger charge is 2.16. The Labute approximate surface area is 117 Å². The molecule has 1 amide bonds. The first-order valence-electron chi connectivity index (χ1n) is 6.13. The first-order valence-corrected chi connectivity index (χ1v) is 6.88. The molecule has 1 fully saturated rings. The number of amides is 1. The number of carbonyl (C=O) groups is 1. The van der Waals surface area contributed by atoms with Gasteiger partial charge < -0.3 is 10.6 Å². The molecule has 0 aliphatic carbocycles. The second-order valence-corrected chi connectivity index (χ2v) is 5.38. The predicted octanol–water partition coefficient (Wildman–Crippen LogP) is 2.87. The largest absolute Gasteiger partial charge is 0.349 e. The summed E-state index contributed by atoms with van der Waals surface area (Å²) in [5.74, 6) is -0.105. The van der Waals surface area contributed by atoms with Crippen LogP contribution >= 0.6 is 23.2 Å². The Hall–Kier alpha value is -0.770. The molecule has 1 aliphatic rings. The van der Waals surface area contributed by atoms with Crippen LogP contribution in [0.3, 0.4) is 0 Å². The minimum atomic E-state index is -0.105. The van der Waals surface area contributed by atoms with Crippen LogP contribution in [0.5, 0.6) is 0 Å². The first-order chi connectivity index (χ1) is 8.65. The number of carbonyl (C=O) groups excluding carboxylic acids is 1. The quantitative estimate of drug-likeness (QED) is 0.878. The van der Waals surface area contributed by atoms with Gasteiger partial charge in [0.05, 0.1) is 0 Å². The Bertz CT molecular complexity index is 409. The van der Waals surface area contributed by atoms with Crippen LogP contribution in [0.25, 0.3) is 0 Å². The summed E-state index contributed by atoms with van der Waals surface area (Å²) < 4.78 is 0. The van der Waals surface area contributed by atoms with E-state index in [1.165, 1.54) is 0 Å². The van der Waals surface area contributed by atoms with Crippen LogP contribution in [0.2, 0.25) is 10.0 Å². The minimum absolute atomic E-state index is 0.105. The lowest BCUT2D eigenvalue weighted by Gasteiger charge is -2.16. The second kappa shape index (κ2) is 6.41. The van der Waals surface area contributed by atoms with Gasteiger partial charge >= 0.3 is 0 Å². The molecule has 1 unspecified atom stereocenters. The molecule has 1 saturated heterocycles. The highest BCUT2D eigenvalue weighted by atomic mass is 35.5. The number of rotatable bonds is 2. The zero-order valence-corrected chi connectivity index (χ0v) is 11.5. The molecule has 98 valence electrons. The standard InChI is InChI=1S/C13H16Cl2N2O/c14-10-6-9(7-11(15)8-10)13(18)17-12-2-1-4-16-5-3-12/h6-8,12,16H,1-5H2,(H,17,18).